The van der Waals surface area contributed by atoms with Crippen LogP contribution >= 0.6 is 0 Å². The van der Waals surface area contributed by atoms with Crippen molar-refractivity contribution in [2.24, 2.45) is 4.99 Å². The molecule has 2 heterocycles. The number of nitrogens with zero attached hydrogens (tertiary/aromatic N) is 4. The Morgan fingerprint density at radius 1 is 1.10 bits per heavy atom. The molecule has 0 bridgehead atoms. The molecule has 2 N–H and O–H groups in total. The highest BCUT2D eigenvalue weighted by Crippen LogP contribution is 2.19. The van der Waals surface area contributed by atoms with Crippen molar-refractivity contribution < 1.29 is 4.74 Å². The fraction of sp³-hybridized carbons (Fsp3) is 0.333. The Labute approximate surface area is 183 Å². The number of anilines is 1. The molecule has 2 aromatic carbocycles. The zero-order chi connectivity index (χ0) is 21.5. The number of ether oxygens (including phenoxy) is 1. The maximum absolute atomic E-state index is 5.22. The van der Waals surface area contributed by atoms with Gasteiger partial charge >= 0.3 is 0 Å². The van der Waals surface area contributed by atoms with E-state index >= 15 is 0 Å². The molecule has 0 saturated carbocycles. The number of rotatable bonds is 7. The van der Waals surface area contributed by atoms with Gasteiger partial charge in [0.25, 0.3) is 0 Å². The first-order chi connectivity index (χ1) is 15.2. The lowest BCUT2D eigenvalue weighted by Gasteiger charge is -2.20. The first kappa shape index (κ1) is 20.8. The molecule has 3 aromatic rings. The predicted molar refractivity (Wildman–Crippen MR) is 125 cm³/mol. The third kappa shape index (κ3) is 5.36. The Kier molecular flexibility index (Phi) is 6.72. The summed E-state index contributed by atoms with van der Waals surface area (Å²) in [6.07, 6.45) is 3.05. The van der Waals surface area contributed by atoms with Crippen molar-refractivity contribution in [1.82, 2.24) is 20.4 Å². The summed E-state index contributed by atoms with van der Waals surface area (Å²) in [4.78, 5) is 7.17. The number of methoxy groups -OCH3 is 1. The molecule has 162 valence electrons. The highest BCUT2D eigenvalue weighted by molar-refractivity contribution is 5.80. The lowest BCUT2D eigenvalue weighted by Crippen LogP contribution is -2.44. The quantitative estimate of drug-likeness (QED) is 0.456. The van der Waals surface area contributed by atoms with Crippen LogP contribution in [0.15, 0.2) is 71.9 Å². The van der Waals surface area contributed by atoms with Crippen LogP contribution in [0.2, 0.25) is 0 Å². The van der Waals surface area contributed by atoms with E-state index in [2.05, 4.69) is 57.9 Å². The molecule has 4 rings (SSSR count). The molecule has 1 saturated heterocycles. The second kappa shape index (κ2) is 10.0. The molecule has 1 unspecified atom stereocenters. The average molecular weight is 419 g/mol. The third-order valence-electron chi connectivity index (χ3n) is 5.38. The van der Waals surface area contributed by atoms with Gasteiger partial charge in [0.1, 0.15) is 5.75 Å². The third-order valence-corrected chi connectivity index (χ3v) is 5.38. The van der Waals surface area contributed by atoms with Gasteiger partial charge in [-0.2, -0.15) is 5.10 Å². The molecular weight excluding hydrogens is 388 g/mol. The maximum Gasteiger partial charge on any atom is 0.191 e. The monoisotopic (exact) mass is 418 g/mol. The van der Waals surface area contributed by atoms with Crippen LogP contribution in [0.3, 0.4) is 0 Å². The number of aliphatic imine (C=N–C) groups is 1. The number of guanidine groups is 1. The van der Waals surface area contributed by atoms with E-state index in [1.165, 1.54) is 5.69 Å². The molecule has 1 atom stereocenters. The first-order valence-electron chi connectivity index (χ1n) is 10.8. The van der Waals surface area contributed by atoms with E-state index in [4.69, 9.17) is 9.73 Å². The Balaban J connectivity index is 1.36. The van der Waals surface area contributed by atoms with Gasteiger partial charge in [0.2, 0.25) is 0 Å². The van der Waals surface area contributed by atoms with Gasteiger partial charge in [-0.05, 0) is 55.8 Å². The van der Waals surface area contributed by atoms with E-state index in [1.807, 2.05) is 41.2 Å². The van der Waals surface area contributed by atoms with Gasteiger partial charge in [-0.15, -0.1) is 0 Å². The minimum atomic E-state index is 0.370. The van der Waals surface area contributed by atoms with Crippen LogP contribution in [0.25, 0.3) is 5.69 Å². The van der Waals surface area contributed by atoms with Crippen LogP contribution in [-0.4, -0.2) is 48.5 Å². The van der Waals surface area contributed by atoms with E-state index in [0.29, 0.717) is 12.6 Å². The number of para-hydroxylation sites is 1. The Morgan fingerprint density at radius 3 is 2.65 bits per heavy atom. The number of hydrogen-bond acceptors (Lipinski definition) is 4. The van der Waals surface area contributed by atoms with Crippen molar-refractivity contribution in [3.05, 3.63) is 72.6 Å². The lowest BCUT2D eigenvalue weighted by atomic mass is 10.3. The molecule has 31 heavy (non-hydrogen) atoms. The van der Waals surface area contributed by atoms with E-state index in [-0.39, 0.29) is 0 Å². The van der Waals surface area contributed by atoms with Crippen molar-refractivity contribution in [1.29, 1.82) is 0 Å². The minimum absolute atomic E-state index is 0.370. The SMILES string of the molecule is CCNC(=NCc1ccn(-c2ccc(OC)cc2)n1)NC1CCN(c2ccccc2)C1. The van der Waals surface area contributed by atoms with Crippen LogP contribution in [0.5, 0.6) is 5.75 Å². The lowest BCUT2D eigenvalue weighted by molar-refractivity contribution is 0.414. The fourth-order valence-corrected chi connectivity index (χ4v) is 3.75. The first-order valence-corrected chi connectivity index (χ1v) is 10.8. The Morgan fingerprint density at radius 2 is 1.90 bits per heavy atom. The highest BCUT2D eigenvalue weighted by Gasteiger charge is 2.23. The molecule has 1 aromatic heterocycles. The summed E-state index contributed by atoms with van der Waals surface area (Å²) in [7, 11) is 1.67. The van der Waals surface area contributed by atoms with E-state index in [9.17, 15) is 0 Å². The van der Waals surface area contributed by atoms with E-state index in [0.717, 1.165) is 49.1 Å². The molecule has 0 amide bonds. The molecule has 1 fully saturated rings. The highest BCUT2D eigenvalue weighted by atomic mass is 16.5. The van der Waals surface area contributed by atoms with Gasteiger partial charge in [0, 0.05) is 37.6 Å². The predicted octanol–water partition coefficient (Wildman–Crippen LogP) is 3.21. The molecular formula is C24H30N6O. The van der Waals surface area contributed by atoms with Crippen LogP contribution < -0.4 is 20.3 Å². The second-order valence-corrected chi connectivity index (χ2v) is 7.56. The van der Waals surface area contributed by atoms with Gasteiger partial charge in [0.15, 0.2) is 5.96 Å². The molecule has 0 spiro atoms. The summed E-state index contributed by atoms with van der Waals surface area (Å²) in [5, 5.41) is 11.6. The molecule has 7 heteroatoms. The van der Waals surface area contributed by atoms with Crippen molar-refractivity contribution in [2.45, 2.75) is 25.9 Å². The van der Waals surface area contributed by atoms with Gasteiger partial charge in [-0.1, -0.05) is 18.2 Å². The van der Waals surface area contributed by atoms with Gasteiger partial charge in [0.05, 0.1) is 25.0 Å². The molecule has 0 aliphatic carbocycles. The Hall–Kier alpha value is -3.48. The second-order valence-electron chi connectivity index (χ2n) is 7.56. The minimum Gasteiger partial charge on any atom is -0.497 e. The van der Waals surface area contributed by atoms with Crippen molar-refractivity contribution in [3.8, 4) is 11.4 Å². The van der Waals surface area contributed by atoms with Crippen LogP contribution in [0, 0.1) is 0 Å². The molecule has 1 aliphatic rings. The van der Waals surface area contributed by atoms with Crippen LogP contribution in [-0.2, 0) is 6.54 Å². The van der Waals surface area contributed by atoms with Crippen LogP contribution in [0.1, 0.15) is 19.0 Å². The summed E-state index contributed by atoms with van der Waals surface area (Å²) in [6, 6.07) is 20.8. The standard InChI is InChI=1S/C24H30N6O/c1-3-25-24(27-20-13-15-29(18-20)21-7-5-4-6-8-21)26-17-19-14-16-30(28-19)22-9-11-23(31-2)12-10-22/h4-12,14,16,20H,3,13,15,17-18H2,1-2H3,(H2,25,26,27). The zero-order valence-electron chi connectivity index (χ0n) is 18.2. The van der Waals surface area contributed by atoms with Gasteiger partial charge < -0.3 is 20.3 Å². The summed E-state index contributed by atoms with van der Waals surface area (Å²) >= 11 is 0. The number of benzene rings is 2. The summed E-state index contributed by atoms with van der Waals surface area (Å²) in [5.74, 6) is 1.67. The maximum atomic E-state index is 5.22. The zero-order valence-corrected chi connectivity index (χ0v) is 18.2. The average Bonchev–Trinajstić information content (AvgIpc) is 3.48. The van der Waals surface area contributed by atoms with Gasteiger partial charge in [-0.25, -0.2) is 9.67 Å². The fourth-order valence-electron chi connectivity index (χ4n) is 3.75. The topological polar surface area (TPSA) is 66.7 Å². The number of hydrogen-bond donors (Lipinski definition) is 2. The largest absolute Gasteiger partial charge is 0.497 e. The van der Waals surface area contributed by atoms with Crippen molar-refractivity contribution >= 4 is 11.6 Å². The number of nitrogens with one attached hydrogen (secondary N) is 2. The summed E-state index contributed by atoms with van der Waals surface area (Å²) < 4.78 is 7.08. The number of aromatic nitrogens is 2. The Bertz CT molecular complexity index is 983. The van der Waals surface area contributed by atoms with Gasteiger partial charge in [-0.3, -0.25) is 0 Å². The summed E-state index contributed by atoms with van der Waals surface area (Å²) in [5.41, 5.74) is 3.19. The van der Waals surface area contributed by atoms with E-state index in [1.54, 1.807) is 7.11 Å². The van der Waals surface area contributed by atoms with Crippen molar-refractivity contribution in [3.63, 3.8) is 0 Å². The smallest absolute Gasteiger partial charge is 0.191 e. The molecule has 0 radical (unpaired) electrons. The molecule has 7 nitrogen and oxygen atoms in total. The molecule has 1 aliphatic heterocycles. The summed E-state index contributed by atoms with van der Waals surface area (Å²) in [6.45, 7) is 5.45. The van der Waals surface area contributed by atoms with E-state index < -0.39 is 0 Å². The van der Waals surface area contributed by atoms with Crippen molar-refractivity contribution in [2.75, 3.05) is 31.6 Å². The normalized spacial score (nSPS) is 16.4. The van der Waals surface area contributed by atoms with Crippen LogP contribution in [0.4, 0.5) is 5.69 Å².